The van der Waals surface area contributed by atoms with E-state index in [9.17, 15) is 13.2 Å². The van der Waals surface area contributed by atoms with E-state index < -0.39 is 11.9 Å². The number of halogens is 3. The van der Waals surface area contributed by atoms with Crippen molar-refractivity contribution in [1.82, 2.24) is 9.78 Å². The molecule has 1 unspecified atom stereocenters. The summed E-state index contributed by atoms with van der Waals surface area (Å²) in [6, 6.07) is 6.00. The van der Waals surface area contributed by atoms with Crippen molar-refractivity contribution >= 4 is 0 Å². The van der Waals surface area contributed by atoms with Crippen LogP contribution >= 0.6 is 0 Å². The van der Waals surface area contributed by atoms with Crippen LogP contribution in [0.5, 0.6) is 0 Å². The maximum absolute atomic E-state index is 13.3. The average molecular weight is 320 g/mol. The molecule has 0 aliphatic heterocycles. The summed E-state index contributed by atoms with van der Waals surface area (Å²) < 4.78 is 41.4. The highest BCUT2D eigenvalue weighted by atomic mass is 19.4. The predicted molar refractivity (Wildman–Crippen MR) is 81.8 cm³/mol. The first-order chi connectivity index (χ1) is 10.9. The van der Waals surface area contributed by atoms with Crippen LogP contribution in [-0.2, 0) is 31.9 Å². The van der Waals surface area contributed by atoms with Gasteiger partial charge in [-0.1, -0.05) is 13.0 Å². The number of fused-ring (bicyclic) bond motifs is 2. The molecule has 0 N–H and O–H groups in total. The zero-order valence-corrected chi connectivity index (χ0v) is 13.1. The summed E-state index contributed by atoms with van der Waals surface area (Å²) in [5, 5.41) is 3.97. The fourth-order valence-electron chi connectivity index (χ4n) is 4.00. The van der Waals surface area contributed by atoms with Gasteiger partial charge in [0.05, 0.1) is 5.69 Å². The predicted octanol–water partition coefficient (Wildman–Crippen LogP) is 4.50. The molecule has 5 heteroatoms. The maximum atomic E-state index is 13.3. The lowest BCUT2D eigenvalue weighted by Gasteiger charge is -2.15. The first-order valence-electron chi connectivity index (χ1n) is 8.23. The number of benzene rings is 1. The average Bonchev–Trinajstić information content (AvgIpc) is 3.05. The van der Waals surface area contributed by atoms with E-state index in [-0.39, 0.29) is 0 Å². The number of hydrogen-bond acceptors (Lipinski definition) is 1. The van der Waals surface area contributed by atoms with Gasteiger partial charge in [-0.3, -0.25) is 0 Å². The Morgan fingerprint density at radius 2 is 1.83 bits per heavy atom. The number of aromatic nitrogens is 2. The molecule has 0 saturated carbocycles. The number of alkyl halides is 3. The molecule has 0 fully saturated rings. The minimum atomic E-state index is -4.38. The fraction of sp³-hybridized carbons (Fsp3) is 0.500. The molecule has 1 heterocycles. The molecule has 2 aliphatic rings. The third-order valence-corrected chi connectivity index (χ3v) is 5.02. The zero-order chi connectivity index (χ0) is 16.2. The van der Waals surface area contributed by atoms with Crippen LogP contribution in [0.1, 0.15) is 47.8 Å². The standard InChI is InChI=1S/C18H19F3N2/c1-11-8-12-6-7-14(10-13(12)9-11)23-16-5-3-2-4-15(16)17(22-23)18(19,20)21/h6-7,10-11H,2-5,8-9H2,1H3. The molecule has 4 rings (SSSR count). The van der Waals surface area contributed by atoms with E-state index in [4.69, 9.17) is 0 Å². The van der Waals surface area contributed by atoms with Crippen molar-refractivity contribution in [3.8, 4) is 5.69 Å². The molecular weight excluding hydrogens is 301 g/mol. The lowest BCUT2D eigenvalue weighted by molar-refractivity contribution is -0.142. The van der Waals surface area contributed by atoms with Crippen molar-refractivity contribution in [2.75, 3.05) is 0 Å². The van der Waals surface area contributed by atoms with Crippen molar-refractivity contribution in [2.24, 2.45) is 5.92 Å². The van der Waals surface area contributed by atoms with Gasteiger partial charge in [-0.05, 0) is 67.7 Å². The van der Waals surface area contributed by atoms with Crippen LogP contribution in [0.15, 0.2) is 18.2 Å². The summed E-state index contributed by atoms with van der Waals surface area (Å²) in [4.78, 5) is 0. The van der Waals surface area contributed by atoms with Crippen LogP contribution in [0, 0.1) is 5.92 Å². The van der Waals surface area contributed by atoms with Crippen molar-refractivity contribution in [3.63, 3.8) is 0 Å². The SMILES string of the molecule is CC1Cc2ccc(-n3nc(C(F)(F)F)c4c3CCCC4)cc2C1. The molecule has 1 aromatic heterocycles. The second kappa shape index (κ2) is 5.11. The molecule has 23 heavy (non-hydrogen) atoms. The van der Waals surface area contributed by atoms with Gasteiger partial charge in [-0.2, -0.15) is 18.3 Å². The highest BCUT2D eigenvalue weighted by Crippen LogP contribution is 2.37. The Kier molecular flexibility index (Phi) is 3.29. The van der Waals surface area contributed by atoms with Crippen molar-refractivity contribution in [2.45, 2.75) is 51.6 Å². The van der Waals surface area contributed by atoms with Gasteiger partial charge in [0.25, 0.3) is 0 Å². The largest absolute Gasteiger partial charge is 0.435 e. The molecule has 122 valence electrons. The molecule has 0 spiro atoms. The Balaban J connectivity index is 1.84. The van der Waals surface area contributed by atoms with Crippen LogP contribution in [-0.4, -0.2) is 9.78 Å². The lowest BCUT2D eigenvalue weighted by atomic mass is 9.95. The quantitative estimate of drug-likeness (QED) is 0.756. The first kappa shape index (κ1) is 14.8. The Labute approximate surface area is 133 Å². The normalized spacial score (nSPS) is 20.4. The summed E-state index contributed by atoms with van der Waals surface area (Å²) in [6.07, 6.45) is 0.566. The van der Waals surface area contributed by atoms with E-state index >= 15 is 0 Å². The topological polar surface area (TPSA) is 17.8 Å². The molecule has 0 radical (unpaired) electrons. The summed E-state index contributed by atoms with van der Waals surface area (Å²) in [5.41, 5.74) is 3.79. The van der Waals surface area contributed by atoms with Crippen molar-refractivity contribution < 1.29 is 13.2 Å². The van der Waals surface area contributed by atoms with Gasteiger partial charge in [0, 0.05) is 11.3 Å². The van der Waals surface area contributed by atoms with Gasteiger partial charge in [-0.25, -0.2) is 4.68 Å². The Morgan fingerprint density at radius 1 is 1.09 bits per heavy atom. The Morgan fingerprint density at radius 3 is 2.61 bits per heavy atom. The second-order valence-corrected chi connectivity index (χ2v) is 6.86. The number of rotatable bonds is 1. The van der Waals surface area contributed by atoms with Gasteiger partial charge >= 0.3 is 6.18 Å². The van der Waals surface area contributed by atoms with Crippen molar-refractivity contribution in [3.05, 3.63) is 46.3 Å². The summed E-state index contributed by atoms with van der Waals surface area (Å²) in [6.45, 7) is 2.21. The van der Waals surface area contributed by atoms with E-state index in [0.717, 1.165) is 37.1 Å². The molecule has 2 nitrogen and oxygen atoms in total. The molecule has 0 saturated heterocycles. The highest BCUT2D eigenvalue weighted by molar-refractivity contribution is 5.46. The van der Waals surface area contributed by atoms with Crippen LogP contribution in [0.25, 0.3) is 5.69 Å². The lowest BCUT2D eigenvalue weighted by Crippen LogP contribution is -2.11. The van der Waals surface area contributed by atoms with E-state index in [2.05, 4.69) is 18.1 Å². The second-order valence-electron chi connectivity index (χ2n) is 6.86. The van der Waals surface area contributed by atoms with E-state index in [1.54, 1.807) is 4.68 Å². The summed E-state index contributed by atoms with van der Waals surface area (Å²) in [5.74, 6) is 0.609. The fourth-order valence-corrected chi connectivity index (χ4v) is 4.00. The zero-order valence-electron chi connectivity index (χ0n) is 13.1. The van der Waals surface area contributed by atoms with Gasteiger partial charge in [0.15, 0.2) is 5.69 Å². The molecule has 2 aromatic rings. The van der Waals surface area contributed by atoms with Gasteiger partial charge in [0.1, 0.15) is 0 Å². The molecule has 1 atom stereocenters. The third-order valence-electron chi connectivity index (χ3n) is 5.02. The van der Waals surface area contributed by atoms with E-state index in [1.165, 1.54) is 11.1 Å². The minimum absolute atomic E-state index is 0.401. The molecule has 0 amide bonds. The van der Waals surface area contributed by atoms with Gasteiger partial charge in [0.2, 0.25) is 0 Å². The van der Waals surface area contributed by atoms with E-state index in [1.807, 2.05) is 12.1 Å². The third kappa shape index (κ3) is 2.46. The van der Waals surface area contributed by atoms with Crippen LogP contribution in [0.2, 0.25) is 0 Å². The molecule has 0 bridgehead atoms. The first-order valence-corrected chi connectivity index (χ1v) is 8.23. The van der Waals surface area contributed by atoms with Crippen LogP contribution in [0.4, 0.5) is 13.2 Å². The summed E-state index contributed by atoms with van der Waals surface area (Å²) >= 11 is 0. The van der Waals surface area contributed by atoms with Gasteiger partial charge < -0.3 is 0 Å². The Hall–Kier alpha value is -1.78. The number of hydrogen-bond donors (Lipinski definition) is 0. The number of nitrogens with zero attached hydrogens (tertiary/aromatic N) is 2. The van der Waals surface area contributed by atoms with Crippen LogP contribution < -0.4 is 0 Å². The smallest absolute Gasteiger partial charge is 0.237 e. The molecule has 1 aromatic carbocycles. The van der Waals surface area contributed by atoms with Gasteiger partial charge in [-0.15, -0.1) is 0 Å². The monoisotopic (exact) mass is 320 g/mol. The molecular formula is C18H19F3N2. The van der Waals surface area contributed by atoms with Crippen molar-refractivity contribution in [1.29, 1.82) is 0 Å². The summed E-state index contributed by atoms with van der Waals surface area (Å²) in [7, 11) is 0. The van der Waals surface area contributed by atoms with Crippen LogP contribution in [0.3, 0.4) is 0 Å². The maximum Gasteiger partial charge on any atom is 0.435 e. The molecule has 2 aliphatic carbocycles. The van der Waals surface area contributed by atoms with E-state index in [0.29, 0.717) is 24.3 Å². The highest BCUT2D eigenvalue weighted by Gasteiger charge is 2.39. The minimum Gasteiger partial charge on any atom is -0.237 e. The Bertz CT molecular complexity index is 758.